The second-order valence-corrected chi connectivity index (χ2v) is 7.39. The Labute approximate surface area is 148 Å². The van der Waals surface area contributed by atoms with Crippen molar-refractivity contribution in [3.63, 3.8) is 0 Å². The van der Waals surface area contributed by atoms with E-state index >= 15 is 0 Å². The Bertz CT molecular complexity index is 639. The number of hydrogen-bond donors (Lipinski definition) is 2. The van der Waals surface area contributed by atoms with Gasteiger partial charge in [0.2, 0.25) is 0 Å². The highest BCUT2D eigenvalue weighted by molar-refractivity contribution is 5.81. The summed E-state index contributed by atoms with van der Waals surface area (Å²) in [5.74, 6) is -0.745. The molecule has 0 spiro atoms. The Morgan fingerprint density at radius 1 is 1.28 bits per heavy atom. The van der Waals surface area contributed by atoms with E-state index in [1.807, 2.05) is 30.3 Å². The molecular weight excluding hydrogens is 318 g/mol. The second kappa shape index (κ2) is 6.67. The van der Waals surface area contributed by atoms with Crippen LogP contribution in [0.15, 0.2) is 30.3 Å². The van der Waals surface area contributed by atoms with Crippen LogP contribution >= 0.6 is 0 Å². The highest BCUT2D eigenvalue weighted by Crippen LogP contribution is 2.41. The molecule has 1 atom stereocenters. The van der Waals surface area contributed by atoms with Crippen molar-refractivity contribution in [1.29, 1.82) is 0 Å². The average Bonchev–Trinajstić information content (AvgIpc) is 3.13. The van der Waals surface area contributed by atoms with Crippen LogP contribution in [0.5, 0.6) is 0 Å². The van der Waals surface area contributed by atoms with Gasteiger partial charge in [0.15, 0.2) is 6.17 Å². The molecule has 0 aromatic heterocycles. The van der Waals surface area contributed by atoms with Gasteiger partial charge in [-0.15, -0.1) is 0 Å². The van der Waals surface area contributed by atoms with E-state index in [0.29, 0.717) is 19.4 Å². The number of nitrogens with zero attached hydrogens (tertiary/aromatic N) is 2. The number of nitrogens with two attached hydrogens (primary N) is 1. The highest BCUT2D eigenvalue weighted by atomic mass is 16.4. The number of aliphatic carboxylic acids is 1. The normalized spacial score (nSPS) is 32.5. The summed E-state index contributed by atoms with van der Waals surface area (Å²) in [5, 5.41) is 10.00. The SMILES string of the molecule is CC[N+]1(C2CCCN2C(N)=O)CCC(C(=O)O)(c2ccccc2)CC1. The average molecular weight is 346 g/mol. The van der Waals surface area contributed by atoms with Gasteiger partial charge in [0.25, 0.3) is 0 Å². The predicted molar refractivity (Wildman–Crippen MR) is 94.8 cm³/mol. The summed E-state index contributed by atoms with van der Waals surface area (Å²) in [7, 11) is 0. The van der Waals surface area contributed by atoms with Crippen LogP contribution in [-0.4, -0.2) is 58.8 Å². The molecule has 2 fully saturated rings. The maximum Gasteiger partial charge on any atom is 0.319 e. The molecule has 6 nitrogen and oxygen atoms in total. The van der Waals surface area contributed by atoms with Gasteiger partial charge in [-0.05, 0) is 18.9 Å². The van der Waals surface area contributed by atoms with E-state index in [0.717, 1.165) is 42.5 Å². The molecule has 6 heteroatoms. The fourth-order valence-corrected chi connectivity index (χ4v) is 4.85. The molecule has 1 unspecified atom stereocenters. The third-order valence-corrected chi connectivity index (χ3v) is 6.47. The van der Waals surface area contributed by atoms with Gasteiger partial charge in [-0.25, -0.2) is 4.79 Å². The lowest BCUT2D eigenvalue weighted by Crippen LogP contribution is -2.66. The smallest absolute Gasteiger partial charge is 0.319 e. The third kappa shape index (κ3) is 2.88. The molecule has 0 saturated carbocycles. The van der Waals surface area contributed by atoms with Gasteiger partial charge in [-0.1, -0.05) is 30.3 Å². The van der Waals surface area contributed by atoms with Crippen molar-refractivity contribution in [2.45, 2.75) is 44.2 Å². The zero-order chi connectivity index (χ0) is 18.1. The van der Waals surface area contributed by atoms with Crippen molar-refractivity contribution < 1.29 is 19.2 Å². The van der Waals surface area contributed by atoms with Crippen molar-refractivity contribution in [3.05, 3.63) is 35.9 Å². The first-order chi connectivity index (χ1) is 11.9. The zero-order valence-corrected chi connectivity index (χ0v) is 14.9. The highest BCUT2D eigenvalue weighted by Gasteiger charge is 2.52. The molecule has 0 bridgehead atoms. The first kappa shape index (κ1) is 17.7. The molecule has 0 radical (unpaired) electrons. The van der Waals surface area contributed by atoms with Gasteiger partial charge >= 0.3 is 12.0 Å². The Kier molecular flexibility index (Phi) is 4.73. The molecule has 2 amide bonds. The summed E-state index contributed by atoms with van der Waals surface area (Å²) in [6, 6.07) is 9.21. The van der Waals surface area contributed by atoms with E-state index in [1.54, 1.807) is 4.90 Å². The minimum absolute atomic E-state index is 0.0880. The van der Waals surface area contributed by atoms with E-state index in [1.165, 1.54) is 0 Å². The number of carbonyl (C=O) groups excluding carboxylic acids is 1. The van der Waals surface area contributed by atoms with Gasteiger partial charge in [0.05, 0.1) is 19.6 Å². The van der Waals surface area contributed by atoms with E-state index in [9.17, 15) is 14.7 Å². The van der Waals surface area contributed by atoms with Crippen molar-refractivity contribution >= 4 is 12.0 Å². The first-order valence-electron chi connectivity index (χ1n) is 9.16. The summed E-state index contributed by atoms with van der Waals surface area (Å²) in [4.78, 5) is 25.8. The summed E-state index contributed by atoms with van der Waals surface area (Å²) in [5.41, 5.74) is 5.64. The standard InChI is InChI=1S/C19H27N3O3/c1-2-22(16-9-6-12-21(16)18(20)25)13-10-19(11-14-22,17(23)24)15-7-4-3-5-8-15/h3-5,7-8,16H,2,6,9-14H2,1H3,(H2-,20,23,24,25)/p+1. The Morgan fingerprint density at radius 3 is 2.44 bits per heavy atom. The second-order valence-electron chi connectivity index (χ2n) is 7.39. The van der Waals surface area contributed by atoms with Crippen LogP contribution in [-0.2, 0) is 10.2 Å². The van der Waals surface area contributed by atoms with Gasteiger partial charge in [0, 0.05) is 25.8 Å². The van der Waals surface area contributed by atoms with Crippen LogP contribution in [0.3, 0.4) is 0 Å². The maximum atomic E-state index is 12.2. The molecule has 1 aromatic rings. The lowest BCUT2D eigenvalue weighted by Gasteiger charge is -2.51. The largest absolute Gasteiger partial charge is 0.481 e. The lowest BCUT2D eigenvalue weighted by molar-refractivity contribution is -0.962. The number of urea groups is 1. The third-order valence-electron chi connectivity index (χ3n) is 6.47. The van der Waals surface area contributed by atoms with Crippen LogP contribution in [0.25, 0.3) is 0 Å². The molecule has 3 N–H and O–H groups in total. The Morgan fingerprint density at radius 2 is 1.92 bits per heavy atom. The lowest BCUT2D eigenvalue weighted by atomic mass is 9.72. The van der Waals surface area contributed by atoms with Crippen LogP contribution in [0.2, 0.25) is 0 Å². The van der Waals surface area contributed by atoms with E-state index in [-0.39, 0.29) is 12.2 Å². The quantitative estimate of drug-likeness (QED) is 0.819. The van der Waals surface area contributed by atoms with Crippen LogP contribution in [0.4, 0.5) is 4.79 Å². The van der Waals surface area contributed by atoms with Gasteiger partial charge in [0.1, 0.15) is 5.41 Å². The predicted octanol–water partition coefficient (Wildman–Crippen LogP) is 2.14. The fraction of sp³-hybridized carbons (Fsp3) is 0.579. The van der Waals surface area contributed by atoms with E-state index in [4.69, 9.17) is 5.73 Å². The Hall–Kier alpha value is -2.08. The van der Waals surface area contributed by atoms with Crippen molar-refractivity contribution in [2.24, 2.45) is 5.73 Å². The molecule has 2 aliphatic heterocycles. The fourth-order valence-electron chi connectivity index (χ4n) is 4.85. The van der Waals surface area contributed by atoms with Crippen molar-refractivity contribution in [1.82, 2.24) is 4.90 Å². The van der Waals surface area contributed by atoms with Gasteiger partial charge < -0.3 is 15.3 Å². The number of amides is 2. The number of primary amides is 1. The van der Waals surface area contributed by atoms with Gasteiger partial charge in [-0.3, -0.25) is 9.69 Å². The number of rotatable bonds is 4. The van der Waals surface area contributed by atoms with Crippen LogP contribution in [0, 0.1) is 0 Å². The number of benzene rings is 1. The first-order valence-corrected chi connectivity index (χ1v) is 9.16. The van der Waals surface area contributed by atoms with Crippen molar-refractivity contribution in [3.8, 4) is 0 Å². The monoisotopic (exact) mass is 346 g/mol. The number of carbonyl (C=O) groups is 2. The van der Waals surface area contributed by atoms with Crippen LogP contribution in [0.1, 0.15) is 38.2 Å². The summed E-state index contributed by atoms with van der Waals surface area (Å²) in [6.07, 6.45) is 3.18. The summed E-state index contributed by atoms with van der Waals surface area (Å²) >= 11 is 0. The minimum Gasteiger partial charge on any atom is -0.481 e. The molecule has 2 aliphatic rings. The molecule has 0 aliphatic carbocycles. The molecule has 136 valence electrons. The number of piperidine rings is 1. The maximum absolute atomic E-state index is 12.2. The number of quaternary nitrogens is 1. The number of carboxylic acid groups (broad SMARTS) is 1. The number of carboxylic acids is 1. The topological polar surface area (TPSA) is 83.6 Å². The number of likely N-dealkylation sites (tertiary alicyclic amines) is 2. The Balaban J connectivity index is 1.87. The molecule has 25 heavy (non-hydrogen) atoms. The van der Waals surface area contributed by atoms with E-state index in [2.05, 4.69) is 6.92 Å². The van der Waals surface area contributed by atoms with Gasteiger partial charge in [-0.2, -0.15) is 0 Å². The summed E-state index contributed by atoms with van der Waals surface area (Å²) in [6.45, 7) is 5.24. The van der Waals surface area contributed by atoms with E-state index < -0.39 is 11.4 Å². The van der Waals surface area contributed by atoms with Crippen LogP contribution < -0.4 is 5.73 Å². The zero-order valence-electron chi connectivity index (χ0n) is 14.9. The minimum atomic E-state index is -0.825. The molecular formula is C19H28N3O3+. The number of hydrogen-bond acceptors (Lipinski definition) is 2. The molecule has 2 heterocycles. The summed E-state index contributed by atoms with van der Waals surface area (Å²) < 4.78 is 0.769. The van der Waals surface area contributed by atoms with Crippen molar-refractivity contribution in [2.75, 3.05) is 26.2 Å². The molecule has 3 rings (SSSR count). The molecule has 1 aromatic carbocycles. The molecule has 2 saturated heterocycles.